The van der Waals surface area contributed by atoms with Gasteiger partial charge in [-0.15, -0.1) is 34.2 Å². The van der Waals surface area contributed by atoms with Crippen molar-refractivity contribution in [3.8, 4) is 11.4 Å². The third-order valence-electron chi connectivity index (χ3n) is 4.69. The van der Waals surface area contributed by atoms with Crippen LogP contribution in [0.1, 0.15) is 45.1 Å². The zero-order chi connectivity index (χ0) is 22.1. The highest BCUT2D eigenvalue weighted by Crippen LogP contribution is 2.18. The topological polar surface area (TPSA) is 76.4 Å². The van der Waals surface area contributed by atoms with Crippen LogP contribution in [0.25, 0.3) is 5.69 Å². The number of nitrogens with zero attached hydrogens (tertiary/aromatic N) is 4. The molecule has 0 saturated heterocycles. The van der Waals surface area contributed by atoms with Crippen molar-refractivity contribution >= 4 is 29.9 Å². The molecule has 0 spiro atoms. The summed E-state index contributed by atoms with van der Waals surface area (Å²) in [6, 6.07) is 18.3. The van der Waals surface area contributed by atoms with E-state index in [0.717, 1.165) is 41.9 Å². The van der Waals surface area contributed by atoms with Gasteiger partial charge >= 0.3 is 0 Å². The van der Waals surface area contributed by atoms with E-state index in [9.17, 15) is 0 Å². The van der Waals surface area contributed by atoms with Gasteiger partial charge in [-0.3, -0.25) is 4.57 Å². The molecule has 0 aliphatic heterocycles. The number of guanidine groups is 1. The van der Waals surface area contributed by atoms with Gasteiger partial charge < -0.3 is 15.4 Å². The van der Waals surface area contributed by atoms with Gasteiger partial charge in [0.2, 0.25) is 0 Å². The molecule has 2 aromatic carbocycles. The van der Waals surface area contributed by atoms with Crippen LogP contribution in [0.4, 0.5) is 0 Å². The Labute approximate surface area is 207 Å². The lowest BCUT2D eigenvalue weighted by molar-refractivity contribution is 0.271. The molecule has 0 radical (unpaired) electrons. The fourth-order valence-corrected chi connectivity index (χ4v) is 3.04. The van der Waals surface area contributed by atoms with Crippen LogP contribution >= 0.6 is 24.0 Å². The minimum Gasteiger partial charge on any atom is -0.493 e. The van der Waals surface area contributed by atoms with E-state index in [0.29, 0.717) is 12.5 Å². The number of para-hydroxylation sites is 1. The Morgan fingerprint density at radius 1 is 1.06 bits per heavy atom. The molecule has 0 amide bonds. The van der Waals surface area contributed by atoms with Gasteiger partial charge in [0.15, 0.2) is 11.8 Å². The Morgan fingerprint density at radius 2 is 1.78 bits per heavy atom. The van der Waals surface area contributed by atoms with E-state index in [4.69, 9.17) is 9.73 Å². The SMILES string of the molecule is CCNC(=NCc1nncn1-c1ccccc1)NC(C)c1ccc(OCC(C)C)cc1.I. The first-order chi connectivity index (χ1) is 15.1. The van der Waals surface area contributed by atoms with Crippen molar-refractivity contribution in [3.05, 3.63) is 72.3 Å². The summed E-state index contributed by atoms with van der Waals surface area (Å²) >= 11 is 0. The number of rotatable bonds is 9. The average molecular weight is 548 g/mol. The first kappa shape index (κ1) is 25.6. The van der Waals surface area contributed by atoms with Crippen molar-refractivity contribution in [1.82, 2.24) is 25.4 Å². The Hall–Kier alpha value is -2.62. The quantitative estimate of drug-likeness (QED) is 0.230. The van der Waals surface area contributed by atoms with Crippen molar-refractivity contribution in [1.29, 1.82) is 0 Å². The van der Waals surface area contributed by atoms with Gasteiger partial charge in [-0.05, 0) is 49.6 Å². The molecule has 2 N–H and O–H groups in total. The first-order valence-corrected chi connectivity index (χ1v) is 10.8. The minimum atomic E-state index is 0. The second-order valence-electron chi connectivity index (χ2n) is 7.79. The van der Waals surface area contributed by atoms with Gasteiger partial charge in [-0.1, -0.05) is 44.2 Å². The molecule has 0 saturated carbocycles. The molecule has 8 heteroatoms. The second kappa shape index (κ2) is 13.0. The van der Waals surface area contributed by atoms with Crippen LogP contribution in [-0.2, 0) is 6.54 Å². The van der Waals surface area contributed by atoms with E-state index in [-0.39, 0.29) is 30.0 Å². The predicted molar refractivity (Wildman–Crippen MR) is 140 cm³/mol. The minimum absolute atomic E-state index is 0. The van der Waals surface area contributed by atoms with E-state index >= 15 is 0 Å². The third kappa shape index (κ3) is 7.51. The van der Waals surface area contributed by atoms with Gasteiger partial charge in [-0.25, -0.2) is 4.99 Å². The lowest BCUT2D eigenvalue weighted by Gasteiger charge is -2.18. The smallest absolute Gasteiger partial charge is 0.192 e. The van der Waals surface area contributed by atoms with Gasteiger partial charge in [0, 0.05) is 12.2 Å². The third-order valence-corrected chi connectivity index (χ3v) is 4.69. The lowest BCUT2D eigenvalue weighted by atomic mass is 10.1. The summed E-state index contributed by atoms with van der Waals surface area (Å²) in [5, 5.41) is 15.1. The highest BCUT2D eigenvalue weighted by atomic mass is 127. The fourth-order valence-electron chi connectivity index (χ4n) is 3.04. The molecule has 1 unspecified atom stereocenters. The summed E-state index contributed by atoms with van der Waals surface area (Å²) in [7, 11) is 0. The molecule has 3 aromatic rings. The molecule has 32 heavy (non-hydrogen) atoms. The van der Waals surface area contributed by atoms with Crippen molar-refractivity contribution in [2.24, 2.45) is 10.9 Å². The zero-order valence-electron chi connectivity index (χ0n) is 19.2. The normalized spacial score (nSPS) is 12.2. The molecule has 0 bridgehead atoms. The van der Waals surface area contributed by atoms with E-state index in [1.165, 1.54) is 0 Å². The maximum absolute atomic E-state index is 5.78. The fraction of sp³-hybridized carbons (Fsp3) is 0.375. The largest absolute Gasteiger partial charge is 0.493 e. The lowest BCUT2D eigenvalue weighted by Crippen LogP contribution is -2.38. The number of hydrogen-bond donors (Lipinski definition) is 2. The molecule has 1 heterocycles. The summed E-state index contributed by atoms with van der Waals surface area (Å²) in [5.41, 5.74) is 2.18. The summed E-state index contributed by atoms with van der Waals surface area (Å²) < 4.78 is 7.73. The molecule has 1 atom stereocenters. The highest BCUT2D eigenvalue weighted by Gasteiger charge is 2.10. The number of ether oxygens (including phenoxy) is 1. The van der Waals surface area contributed by atoms with Crippen molar-refractivity contribution in [2.75, 3.05) is 13.2 Å². The van der Waals surface area contributed by atoms with E-state index in [2.05, 4.69) is 60.7 Å². The van der Waals surface area contributed by atoms with E-state index in [1.54, 1.807) is 6.33 Å². The van der Waals surface area contributed by atoms with Crippen LogP contribution in [-0.4, -0.2) is 33.9 Å². The van der Waals surface area contributed by atoms with Crippen molar-refractivity contribution in [2.45, 2.75) is 40.3 Å². The maximum Gasteiger partial charge on any atom is 0.192 e. The maximum atomic E-state index is 5.78. The van der Waals surface area contributed by atoms with Crippen LogP contribution in [0.5, 0.6) is 5.75 Å². The number of hydrogen-bond acceptors (Lipinski definition) is 4. The Morgan fingerprint density at radius 3 is 2.44 bits per heavy atom. The molecule has 1 aromatic heterocycles. The first-order valence-electron chi connectivity index (χ1n) is 10.8. The van der Waals surface area contributed by atoms with Crippen LogP contribution in [0, 0.1) is 5.92 Å². The number of halogens is 1. The summed E-state index contributed by atoms with van der Waals surface area (Å²) in [5.74, 6) is 2.91. The van der Waals surface area contributed by atoms with Crippen molar-refractivity contribution in [3.63, 3.8) is 0 Å². The monoisotopic (exact) mass is 548 g/mol. The molecule has 7 nitrogen and oxygen atoms in total. The molecule has 0 aliphatic rings. The zero-order valence-corrected chi connectivity index (χ0v) is 21.5. The van der Waals surface area contributed by atoms with Gasteiger partial charge in [0.05, 0.1) is 12.6 Å². The molecule has 172 valence electrons. The van der Waals surface area contributed by atoms with E-state index in [1.807, 2.05) is 47.0 Å². The predicted octanol–water partition coefficient (Wildman–Crippen LogP) is 4.74. The van der Waals surface area contributed by atoms with Crippen molar-refractivity contribution < 1.29 is 4.74 Å². The number of aliphatic imine (C=N–C) groups is 1. The van der Waals surface area contributed by atoms with E-state index < -0.39 is 0 Å². The summed E-state index contributed by atoms with van der Waals surface area (Å²) in [4.78, 5) is 4.72. The van der Waals surface area contributed by atoms with Crippen LogP contribution in [0.15, 0.2) is 65.9 Å². The molecular weight excluding hydrogens is 515 g/mol. The Kier molecular flexibility index (Phi) is 10.5. The van der Waals surface area contributed by atoms with Gasteiger partial charge in [0.1, 0.15) is 18.6 Å². The highest BCUT2D eigenvalue weighted by molar-refractivity contribution is 14.0. The standard InChI is InChI=1S/C24H32N6O.HI/c1-5-25-24(26-15-23-29-27-17-30(23)21-9-7-6-8-10-21)28-19(4)20-11-13-22(14-12-20)31-16-18(2)3;/h6-14,17-19H,5,15-16H2,1-4H3,(H2,25,26,28);1H. The molecular formula is C24H33IN6O. The number of benzene rings is 2. The Bertz CT molecular complexity index is 956. The average Bonchev–Trinajstić information content (AvgIpc) is 3.26. The second-order valence-corrected chi connectivity index (χ2v) is 7.79. The van der Waals surface area contributed by atoms with Crippen LogP contribution < -0.4 is 15.4 Å². The number of nitrogens with one attached hydrogen (secondary N) is 2. The molecule has 0 aliphatic carbocycles. The summed E-state index contributed by atoms with van der Waals surface area (Å²) in [6.45, 7) is 10.4. The van der Waals surface area contributed by atoms with Crippen LogP contribution in [0.2, 0.25) is 0 Å². The van der Waals surface area contributed by atoms with Crippen LogP contribution in [0.3, 0.4) is 0 Å². The van der Waals surface area contributed by atoms with Gasteiger partial charge in [-0.2, -0.15) is 0 Å². The molecule has 0 fully saturated rings. The summed E-state index contributed by atoms with van der Waals surface area (Å²) in [6.07, 6.45) is 1.71. The Balaban J connectivity index is 0.00000363. The van der Waals surface area contributed by atoms with Gasteiger partial charge in [0.25, 0.3) is 0 Å². The molecule has 3 rings (SSSR count). The number of aromatic nitrogens is 3.